The minimum Gasteiger partial charge on any atom is -0.385 e. The molecule has 2 saturated heterocycles. The van der Waals surface area contributed by atoms with Crippen molar-refractivity contribution in [3.63, 3.8) is 0 Å². The fraction of sp³-hybridized carbons (Fsp3) is 0.786. The van der Waals surface area contributed by atoms with Gasteiger partial charge in [0.1, 0.15) is 30.4 Å². The summed E-state index contributed by atoms with van der Waals surface area (Å²) in [7, 11) is 0. The maximum absolute atomic E-state index is 6.17. The molecule has 0 radical (unpaired) electrons. The summed E-state index contributed by atoms with van der Waals surface area (Å²) in [6.45, 7) is 5.95. The molecule has 0 aromatic carbocycles. The fourth-order valence-corrected chi connectivity index (χ4v) is 3.53. The lowest BCUT2D eigenvalue weighted by Crippen LogP contribution is -2.51. The maximum Gasteiger partial charge on any atom is 0.164 e. The van der Waals surface area contributed by atoms with Gasteiger partial charge in [-0.2, -0.15) is 0 Å². The Hall–Kier alpha value is -1.51. The van der Waals surface area contributed by atoms with Gasteiger partial charge in [-0.1, -0.05) is 6.92 Å². The monoisotopic (exact) mass is 307 g/mol. The molecule has 0 amide bonds. The van der Waals surface area contributed by atoms with Gasteiger partial charge in [-0.05, 0) is 20.3 Å². The van der Waals surface area contributed by atoms with Crippen LogP contribution in [0.3, 0.4) is 0 Å². The zero-order valence-corrected chi connectivity index (χ0v) is 12.9. The van der Waals surface area contributed by atoms with Crippen LogP contribution in [0.25, 0.3) is 0 Å². The average Bonchev–Trinajstić information content (AvgIpc) is 3.10. The molecular formula is C14H21N5O3. The quantitative estimate of drug-likeness (QED) is 0.779. The van der Waals surface area contributed by atoms with Gasteiger partial charge in [-0.3, -0.25) is 4.99 Å². The first-order valence-electron chi connectivity index (χ1n) is 7.67. The van der Waals surface area contributed by atoms with Crippen LogP contribution in [-0.2, 0) is 14.2 Å². The molecule has 0 saturated carbocycles. The van der Waals surface area contributed by atoms with Gasteiger partial charge in [-0.15, -0.1) is 0 Å². The second-order valence-electron chi connectivity index (χ2n) is 6.43. The van der Waals surface area contributed by atoms with Crippen molar-refractivity contribution < 1.29 is 14.2 Å². The van der Waals surface area contributed by atoms with Crippen LogP contribution in [0.1, 0.15) is 27.2 Å². The van der Waals surface area contributed by atoms with E-state index < -0.39 is 5.79 Å². The van der Waals surface area contributed by atoms with Crippen molar-refractivity contribution in [3.8, 4) is 0 Å². The first kappa shape index (κ1) is 14.1. The third-order valence-corrected chi connectivity index (χ3v) is 4.50. The molecule has 2 N–H and O–H groups in total. The van der Waals surface area contributed by atoms with Crippen LogP contribution in [0.4, 0.5) is 0 Å². The predicted molar refractivity (Wildman–Crippen MR) is 80.8 cm³/mol. The van der Waals surface area contributed by atoms with Crippen molar-refractivity contribution in [3.05, 3.63) is 0 Å². The Morgan fingerprint density at radius 3 is 2.82 bits per heavy atom. The minimum atomic E-state index is -0.600. The van der Waals surface area contributed by atoms with Gasteiger partial charge >= 0.3 is 0 Å². The average molecular weight is 307 g/mol. The lowest BCUT2D eigenvalue weighted by Gasteiger charge is -2.33. The van der Waals surface area contributed by atoms with E-state index >= 15 is 0 Å². The molecule has 4 aliphatic rings. The number of ether oxygens (including phenoxy) is 3. The number of amidine groups is 1. The highest BCUT2D eigenvalue weighted by molar-refractivity contribution is 5.96. The summed E-state index contributed by atoms with van der Waals surface area (Å²) >= 11 is 0. The van der Waals surface area contributed by atoms with Gasteiger partial charge in [0.15, 0.2) is 18.2 Å². The van der Waals surface area contributed by atoms with Crippen molar-refractivity contribution in [1.29, 1.82) is 0 Å². The number of fused-ring (bicyclic) bond motifs is 2. The van der Waals surface area contributed by atoms with Gasteiger partial charge in [0.05, 0.1) is 12.4 Å². The Bertz CT molecular complexity index is 561. The Labute approximate surface area is 129 Å². The highest BCUT2D eigenvalue weighted by atomic mass is 16.8. The molecular weight excluding hydrogens is 286 g/mol. The largest absolute Gasteiger partial charge is 0.385 e. The lowest BCUT2D eigenvalue weighted by molar-refractivity contribution is -0.201. The predicted octanol–water partition coefficient (Wildman–Crippen LogP) is 0.0791. The number of nitrogens with zero attached hydrogens (tertiary/aromatic N) is 4. The topological polar surface area (TPSA) is 94.0 Å². The van der Waals surface area contributed by atoms with Gasteiger partial charge in [0.25, 0.3) is 0 Å². The molecule has 6 atom stereocenters. The number of hydrogen-bond acceptors (Lipinski definition) is 8. The second kappa shape index (κ2) is 4.74. The van der Waals surface area contributed by atoms with E-state index in [1.807, 2.05) is 18.7 Å². The van der Waals surface area contributed by atoms with E-state index in [1.54, 1.807) is 6.34 Å². The van der Waals surface area contributed by atoms with E-state index in [2.05, 4.69) is 21.9 Å². The molecule has 2 fully saturated rings. The number of nitrogens with two attached hydrogens (primary N) is 1. The van der Waals surface area contributed by atoms with E-state index in [0.717, 1.165) is 6.42 Å². The Morgan fingerprint density at radius 1 is 1.27 bits per heavy atom. The van der Waals surface area contributed by atoms with E-state index in [1.165, 1.54) is 6.34 Å². The highest BCUT2D eigenvalue weighted by Gasteiger charge is 2.58. The number of aliphatic imine (C=N–C) groups is 3. The van der Waals surface area contributed by atoms with Gasteiger partial charge in [0.2, 0.25) is 0 Å². The lowest BCUT2D eigenvalue weighted by atomic mass is 10.1. The Morgan fingerprint density at radius 2 is 2.05 bits per heavy atom. The molecule has 120 valence electrons. The van der Waals surface area contributed by atoms with Crippen LogP contribution in [0, 0.1) is 0 Å². The first-order valence-corrected chi connectivity index (χ1v) is 7.67. The third kappa shape index (κ3) is 1.98. The van der Waals surface area contributed by atoms with Crippen molar-refractivity contribution >= 4 is 18.5 Å². The number of rotatable bonds is 2. The summed E-state index contributed by atoms with van der Waals surface area (Å²) in [5.41, 5.74) is 5.91. The van der Waals surface area contributed by atoms with Crippen molar-refractivity contribution in [1.82, 2.24) is 4.90 Å². The maximum atomic E-state index is 6.17. The van der Waals surface area contributed by atoms with Crippen molar-refractivity contribution in [2.24, 2.45) is 20.7 Å². The highest BCUT2D eigenvalue weighted by Crippen LogP contribution is 2.41. The van der Waals surface area contributed by atoms with Crippen molar-refractivity contribution in [2.75, 3.05) is 0 Å². The third-order valence-electron chi connectivity index (χ3n) is 4.50. The van der Waals surface area contributed by atoms with Crippen LogP contribution in [0.15, 0.2) is 15.0 Å². The molecule has 5 unspecified atom stereocenters. The molecule has 4 heterocycles. The van der Waals surface area contributed by atoms with Gasteiger partial charge in [-0.25, -0.2) is 9.98 Å². The molecule has 4 aliphatic heterocycles. The first-order chi connectivity index (χ1) is 10.5. The Balaban J connectivity index is 1.60. The minimum absolute atomic E-state index is 0.00260. The standard InChI is InChI=1S/C14H21N5O3/c1-4-7-9-10(22-14(2,3)21-9)13(20-7)19-6-18-8-11(15)16-5-17-12(8)19/h5-10,12-13H,4H2,1-3H3,(H2,15,16,17)/t7?,8?,9-,10?,12?,13?/m1/s1. The summed E-state index contributed by atoms with van der Waals surface area (Å²) in [6.07, 6.45) is 3.36. The summed E-state index contributed by atoms with van der Waals surface area (Å²) in [4.78, 5) is 14.8. The summed E-state index contributed by atoms with van der Waals surface area (Å²) in [5, 5.41) is 0. The molecule has 8 heteroatoms. The molecule has 0 spiro atoms. The van der Waals surface area contributed by atoms with Gasteiger partial charge in [0, 0.05) is 0 Å². The summed E-state index contributed by atoms with van der Waals surface area (Å²) in [5.74, 6) is -0.124. The van der Waals surface area contributed by atoms with E-state index in [4.69, 9.17) is 19.9 Å². The molecule has 0 aromatic heterocycles. The van der Waals surface area contributed by atoms with Crippen LogP contribution in [0.5, 0.6) is 0 Å². The molecule has 0 aliphatic carbocycles. The smallest absolute Gasteiger partial charge is 0.164 e. The molecule has 0 bridgehead atoms. The molecule has 4 rings (SSSR count). The molecule has 0 aromatic rings. The fourth-order valence-electron chi connectivity index (χ4n) is 3.53. The Kier molecular flexibility index (Phi) is 3.04. The van der Waals surface area contributed by atoms with Crippen LogP contribution < -0.4 is 5.73 Å². The van der Waals surface area contributed by atoms with Crippen LogP contribution in [0.2, 0.25) is 0 Å². The zero-order valence-electron chi connectivity index (χ0n) is 12.9. The zero-order chi connectivity index (χ0) is 15.5. The van der Waals surface area contributed by atoms with Crippen LogP contribution >= 0.6 is 0 Å². The normalized spacial score (nSPS) is 45.0. The molecule has 8 nitrogen and oxygen atoms in total. The number of hydrogen-bond donors (Lipinski definition) is 1. The van der Waals surface area contributed by atoms with Crippen LogP contribution in [-0.4, -0.2) is 65.9 Å². The molecule has 22 heavy (non-hydrogen) atoms. The van der Waals surface area contributed by atoms with E-state index in [9.17, 15) is 0 Å². The van der Waals surface area contributed by atoms with Gasteiger partial charge < -0.3 is 24.8 Å². The summed E-state index contributed by atoms with van der Waals surface area (Å²) in [6, 6.07) is -0.247. The second-order valence-corrected chi connectivity index (χ2v) is 6.43. The SMILES string of the molecule is CCC1OC(N2C=NC3C(N)=NC=NC32)C2OC(C)(C)O[C@H]12. The van der Waals surface area contributed by atoms with E-state index in [0.29, 0.717) is 5.84 Å². The van der Waals surface area contributed by atoms with Crippen molar-refractivity contribution in [2.45, 2.75) is 69.7 Å². The summed E-state index contributed by atoms with van der Waals surface area (Å²) < 4.78 is 18.3. The van der Waals surface area contributed by atoms with E-state index in [-0.39, 0.29) is 36.7 Å².